The van der Waals surface area contributed by atoms with Gasteiger partial charge in [0.1, 0.15) is 12.4 Å². The van der Waals surface area contributed by atoms with Crippen molar-refractivity contribution in [1.82, 2.24) is 4.90 Å². The van der Waals surface area contributed by atoms with Crippen LogP contribution in [0.3, 0.4) is 0 Å². The molecule has 6 heteroatoms. The Balaban J connectivity index is 1.97. The number of benzene rings is 1. The van der Waals surface area contributed by atoms with Gasteiger partial charge in [0, 0.05) is 19.4 Å². The molecule has 2 aliphatic rings. The van der Waals surface area contributed by atoms with E-state index in [0.717, 1.165) is 30.6 Å². The Morgan fingerprint density at radius 1 is 1.30 bits per heavy atom. The van der Waals surface area contributed by atoms with Crippen LogP contribution in [0.1, 0.15) is 57.7 Å². The second-order valence-corrected chi connectivity index (χ2v) is 9.12. The van der Waals surface area contributed by atoms with Gasteiger partial charge in [-0.25, -0.2) is 4.79 Å². The molecule has 2 aliphatic heterocycles. The lowest BCUT2D eigenvalue weighted by Gasteiger charge is -2.47. The normalized spacial score (nSPS) is 23.0. The van der Waals surface area contributed by atoms with Crippen molar-refractivity contribution in [3.63, 3.8) is 0 Å². The maximum Gasteiger partial charge on any atom is 0.335 e. The standard InChI is InChI=1S/C24H34ClNO4/c1-6-29-24(27)20-14-26-18(9-15(2)3)11-17-12-23(30-8-7-28-5)21(25)13-19(17)22(26)10-16(20)4/h12-16,18,22H,6-11H2,1-5H3. The van der Waals surface area contributed by atoms with Crippen LogP contribution in [0.5, 0.6) is 5.75 Å². The predicted octanol–water partition coefficient (Wildman–Crippen LogP) is 5.17. The van der Waals surface area contributed by atoms with Crippen LogP contribution < -0.4 is 4.74 Å². The molecule has 2 heterocycles. The predicted molar refractivity (Wildman–Crippen MR) is 119 cm³/mol. The van der Waals surface area contributed by atoms with Gasteiger partial charge in [0.2, 0.25) is 0 Å². The first-order valence-electron chi connectivity index (χ1n) is 11.0. The summed E-state index contributed by atoms with van der Waals surface area (Å²) in [5.41, 5.74) is 3.31. The van der Waals surface area contributed by atoms with E-state index in [1.54, 1.807) is 7.11 Å². The number of esters is 1. The van der Waals surface area contributed by atoms with E-state index in [1.165, 1.54) is 11.1 Å². The highest BCUT2D eigenvalue weighted by Crippen LogP contribution is 2.46. The Bertz CT molecular complexity index is 792. The van der Waals surface area contributed by atoms with Gasteiger partial charge in [0.05, 0.1) is 29.9 Å². The fourth-order valence-electron chi connectivity index (χ4n) is 4.63. The Morgan fingerprint density at radius 2 is 2.07 bits per heavy atom. The average molecular weight is 436 g/mol. The SMILES string of the molecule is CCOC(=O)C1=CN2C(CC(C)C)Cc3cc(OCCOC)c(Cl)cc3C2CC1C. The number of hydrogen-bond donors (Lipinski definition) is 0. The summed E-state index contributed by atoms with van der Waals surface area (Å²) in [7, 11) is 1.66. The van der Waals surface area contributed by atoms with Crippen LogP contribution in [0.4, 0.5) is 0 Å². The van der Waals surface area contributed by atoms with Gasteiger partial charge in [-0.2, -0.15) is 0 Å². The number of hydrogen-bond acceptors (Lipinski definition) is 5. The van der Waals surface area contributed by atoms with Crippen molar-refractivity contribution in [3.8, 4) is 5.75 Å². The van der Waals surface area contributed by atoms with Crippen LogP contribution in [0.25, 0.3) is 0 Å². The van der Waals surface area contributed by atoms with Gasteiger partial charge in [0.25, 0.3) is 0 Å². The summed E-state index contributed by atoms with van der Waals surface area (Å²) in [6, 6.07) is 4.69. The molecule has 0 saturated carbocycles. The summed E-state index contributed by atoms with van der Waals surface area (Å²) >= 11 is 6.57. The highest BCUT2D eigenvalue weighted by molar-refractivity contribution is 6.32. The molecule has 0 spiro atoms. The number of halogens is 1. The molecule has 1 aromatic rings. The van der Waals surface area contributed by atoms with Gasteiger partial charge in [-0.15, -0.1) is 0 Å². The lowest BCUT2D eigenvalue weighted by Crippen LogP contribution is -2.45. The van der Waals surface area contributed by atoms with Crippen molar-refractivity contribution in [2.24, 2.45) is 11.8 Å². The molecule has 0 bridgehead atoms. The van der Waals surface area contributed by atoms with Crippen LogP contribution in [0.15, 0.2) is 23.9 Å². The molecule has 30 heavy (non-hydrogen) atoms. The smallest absolute Gasteiger partial charge is 0.335 e. The Hall–Kier alpha value is -1.72. The zero-order valence-corrected chi connectivity index (χ0v) is 19.5. The molecule has 0 saturated heterocycles. The summed E-state index contributed by atoms with van der Waals surface area (Å²) in [6.07, 6.45) is 4.89. The molecule has 3 atom stereocenters. The molecule has 0 aliphatic carbocycles. The molecule has 0 N–H and O–H groups in total. The number of ether oxygens (including phenoxy) is 3. The van der Waals surface area contributed by atoms with Gasteiger partial charge in [-0.05, 0) is 61.3 Å². The van der Waals surface area contributed by atoms with Crippen molar-refractivity contribution < 1.29 is 19.0 Å². The zero-order chi connectivity index (χ0) is 21.8. The van der Waals surface area contributed by atoms with E-state index >= 15 is 0 Å². The molecule has 5 nitrogen and oxygen atoms in total. The third-order valence-electron chi connectivity index (χ3n) is 5.99. The Kier molecular flexibility index (Phi) is 7.70. The number of fused-ring (bicyclic) bond motifs is 3. The van der Waals surface area contributed by atoms with Crippen molar-refractivity contribution >= 4 is 17.6 Å². The van der Waals surface area contributed by atoms with E-state index in [4.69, 9.17) is 25.8 Å². The minimum Gasteiger partial charge on any atom is -0.490 e. The topological polar surface area (TPSA) is 48.0 Å². The number of carbonyl (C=O) groups excluding carboxylic acids is 1. The molecule has 0 radical (unpaired) electrons. The number of rotatable bonds is 8. The maximum atomic E-state index is 12.5. The Labute approximate surface area is 185 Å². The largest absolute Gasteiger partial charge is 0.490 e. The van der Waals surface area contributed by atoms with Gasteiger partial charge in [0.15, 0.2) is 0 Å². The zero-order valence-electron chi connectivity index (χ0n) is 18.7. The molecule has 0 aromatic heterocycles. The lowest BCUT2D eigenvalue weighted by atomic mass is 9.78. The third kappa shape index (κ3) is 4.94. The van der Waals surface area contributed by atoms with E-state index in [-0.39, 0.29) is 17.9 Å². The molecule has 0 amide bonds. The number of carbonyl (C=O) groups is 1. The lowest BCUT2D eigenvalue weighted by molar-refractivity contribution is -0.139. The minimum atomic E-state index is -0.197. The first-order chi connectivity index (χ1) is 14.3. The van der Waals surface area contributed by atoms with Crippen LogP contribution in [0.2, 0.25) is 5.02 Å². The molecule has 0 fully saturated rings. The molecule has 3 rings (SSSR count). The molecule has 166 valence electrons. The van der Waals surface area contributed by atoms with Crippen molar-refractivity contribution in [1.29, 1.82) is 0 Å². The van der Waals surface area contributed by atoms with E-state index in [0.29, 0.717) is 36.8 Å². The van der Waals surface area contributed by atoms with Crippen molar-refractivity contribution in [2.75, 3.05) is 26.9 Å². The van der Waals surface area contributed by atoms with E-state index in [1.807, 2.05) is 6.92 Å². The van der Waals surface area contributed by atoms with Crippen molar-refractivity contribution in [2.45, 2.75) is 59.0 Å². The molecule has 3 unspecified atom stereocenters. The summed E-state index contributed by atoms with van der Waals surface area (Å²) in [5, 5.41) is 0.625. The van der Waals surface area contributed by atoms with Crippen LogP contribution in [-0.4, -0.2) is 43.8 Å². The van der Waals surface area contributed by atoms with E-state index in [9.17, 15) is 4.79 Å². The van der Waals surface area contributed by atoms with Gasteiger partial charge in [-0.1, -0.05) is 32.4 Å². The quantitative estimate of drug-likeness (QED) is 0.416. The fraction of sp³-hybridized carbons (Fsp3) is 0.625. The van der Waals surface area contributed by atoms with Crippen LogP contribution in [0, 0.1) is 11.8 Å². The first kappa shape index (κ1) is 23.0. The van der Waals surface area contributed by atoms with E-state index < -0.39 is 0 Å². The summed E-state index contributed by atoms with van der Waals surface area (Å²) in [4.78, 5) is 14.9. The first-order valence-corrected chi connectivity index (χ1v) is 11.3. The van der Waals surface area contributed by atoms with E-state index in [2.05, 4.69) is 44.0 Å². The van der Waals surface area contributed by atoms with Gasteiger partial charge < -0.3 is 19.1 Å². The summed E-state index contributed by atoms with van der Waals surface area (Å²) in [6.45, 7) is 9.84. The minimum absolute atomic E-state index is 0.132. The average Bonchev–Trinajstić information content (AvgIpc) is 2.68. The third-order valence-corrected chi connectivity index (χ3v) is 6.28. The van der Waals surface area contributed by atoms with Crippen molar-refractivity contribution in [3.05, 3.63) is 40.1 Å². The second-order valence-electron chi connectivity index (χ2n) is 8.71. The highest BCUT2D eigenvalue weighted by atomic mass is 35.5. The van der Waals surface area contributed by atoms with Crippen LogP contribution in [-0.2, 0) is 20.7 Å². The summed E-state index contributed by atoms with van der Waals surface area (Å²) in [5.74, 6) is 1.21. The van der Waals surface area contributed by atoms with Gasteiger partial charge >= 0.3 is 5.97 Å². The summed E-state index contributed by atoms with van der Waals surface area (Å²) < 4.78 is 16.3. The Morgan fingerprint density at radius 3 is 2.73 bits per heavy atom. The highest BCUT2D eigenvalue weighted by Gasteiger charge is 2.39. The molecular formula is C24H34ClNO4. The molecule has 1 aromatic carbocycles. The molecular weight excluding hydrogens is 402 g/mol. The van der Waals surface area contributed by atoms with Gasteiger partial charge in [-0.3, -0.25) is 0 Å². The number of methoxy groups -OCH3 is 1. The fourth-order valence-corrected chi connectivity index (χ4v) is 4.86. The monoisotopic (exact) mass is 435 g/mol. The second kappa shape index (κ2) is 10.1. The maximum absolute atomic E-state index is 12.5. The van der Waals surface area contributed by atoms with Crippen LogP contribution >= 0.6 is 11.6 Å². The number of nitrogens with zero attached hydrogens (tertiary/aromatic N) is 1.